The molecule has 0 N–H and O–H groups in total. The summed E-state index contributed by atoms with van der Waals surface area (Å²) < 4.78 is 9.50. The van der Waals surface area contributed by atoms with Gasteiger partial charge in [0, 0.05) is 19.8 Å². The fraction of sp³-hybridized carbons (Fsp3) is 0.333. The highest BCUT2D eigenvalue weighted by atomic mass is 19.1. The lowest BCUT2D eigenvalue weighted by atomic mass is 10.1. The van der Waals surface area contributed by atoms with E-state index in [1.165, 1.54) is 11.3 Å². The molecule has 78 valence electrons. The largest absolute Gasteiger partial charge is 0.378 e. The van der Waals surface area contributed by atoms with Crippen molar-refractivity contribution in [2.24, 2.45) is 0 Å². The minimum Gasteiger partial charge on any atom is -0.378 e. The van der Waals surface area contributed by atoms with Crippen LogP contribution in [0.1, 0.15) is 5.56 Å². The van der Waals surface area contributed by atoms with E-state index in [2.05, 4.69) is 35.7 Å². The Balaban J connectivity index is 0.000000791. The van der Waals surface area contributed by atoms with E-state index in [0.717, 1.165) is 6.42 Å². The fourth-order valence-electron chi connectivity index (χ4n) is 1.10. The first-order chi connectivity index (χ1) is 6.74. The van der Waals surface area contributed by atoms with Crippen molar-refractivity contribution < 1.29 is 4.39 Å². The summed E-state index contributed by atoms with van der Waals surface area (Å²) >= 11 is 0. The molecule has 0 heterocycles. The molecule has 0 spiro atoms. The SMILES string of the molecule is C=CCc1ccc(N(C)C)cc1.CF. The maximum atomic E-state index is 9.50. The van der Waals surface area contributed by atoms with Crippen molar-refractivity contribution in [2.75, 3.05) is 26.2 Å². The van der Waals surface area contributed by atoms with E-state index < -0.39 is 0 Å². The Morgan fingerprint density at radius 3 is 2.07 bits per heavy atom. The first kappa shape index (κ1) is 12.7. The van der Waals surface area contributed by atoms with Gasteiger partial charge in [0.05, 0.1) is 7.18 Å². The van der Waals surface area contributed by atoms with E-state index in [1.807, 2.05) is 20.2 Å². The molecule has 0 aliphatic carbocycles. The smallest absolute Gasteiger partial charge is 0.0785 e. The van der Waals surface area contributed by atoms with Gasteiger partial charge in [-0.05, 0) is 24.1 Å². The number of nitrogens with zero attached hydrogens (tertiary/aromatic N) is 1. The van der Waals surface area contributed by atoms with Gasteiger partial charge in [0.2, 0.25) is 0 Å². The Labute approximate surface area is 85.9 Å². The lowest BCUT2D eigenvalue weighted by molar-refractivity contribution is 0.636. The van der Waals surface area contributed by atoms with E-state index in [0.29, 0.717) is 7.18 Å². The molecule has 1 rings (SSSR count). The zero-order chi connectivity index (χ0) is 11.0. The monoisotopic (exact) mass is 195 g/mol. The molecule has 0 unspecified atom stereocenters. The zero-order valence-corrected chi connectivity index (χ0v) is 9.13. The molecular weight excluding hydrogens is 177 g/mol. The Kier molecular flexibility index (Phi) is 6.46. The summed E-state index contributed by atoms with van der Waals surface area (Å²) in [5.74, 6) is 0. The molecule has 0 bridgehead atoms. The van der Waals surface area contributed by atoms with Crippen LogP contribution in [0.4, 0.5) is 10.1 Å². The van der Waals surface area contributed by atoms with Gasteiger partial charge in [-0.2, -0.15) is 0 Å². The molecule has 1 aromatic rings. The molecule has 14 heavy (non-hydrogen) atoms. The quantitative estimate of drug-likeness (QED) is 0.670. The van der Waals surface area contributed by atoms with Crippen LogP contribution in [0.25, 0.3) is 0 Å². The van der Waals surface area contributed by atoms with E-state index in [9.17, 15) is 4.39 Å². The molecule has 0 fully saturated rings. The number of hydrogen-bond acceptors (Lipinski definition) is 1. The van der Waals surface area contributed by atoms with Crippen molar-refractivity contribution >= 4 is 5.69 Å². The summed E-state index contributed by atoms with van der Waals surface area (Å²) in [5, 5.41) is 0. The van der Waals surface area contributed by atoms with Gasteiger partial charge < -0.3 is 4.90 Å². The van der Waals surface area contributed by atoms with Crippen molar-refractivity contribution in [3.05, 3.63) is 42.5 Å². The summed E-state index contributed by atoms with van der Waals surface area (Å²) in [6.07, 6.45) is 2.87. The van der Waals surface area contributed by atoms with Crippen LogP contribution in [0.2, 0.25) is 0 Å². The minimum atomic E-state index is 0.500. The van der Waals surface area contributed by atoms with Gasteiger partial charge >= 0.3 is 0 Å². The number of hydrogen-bond donors (Lipinski definition) is 0. The number of alkyl halides is 1. The van der Waals surface area contributed by atoms with Crippen LogP contribution in [0.3, 0.4) is 0 Å². The fourth-order valence-corrected chi connectivity index (χ4v) is 1.10. The van der Waals surface area contributed by atoms with E-state index >= 15 is 0 Å². The maximum absolute atomic E-state index is 9.50. The highest BCUT2D eigenvalue weighted by Crippen LogP contribution is 2.12. The number of rotatable bonds is 3. The normalized spacial score (nSPS) is 8.57. The molecule has 0 aliphatic rings. The van der Waals surface area contributed by atoms with Crippen molar-refractivity contribution in [2.45, 2.75) is 6.42 Å². The predicted octanol–water partition coefficient (Wildman–Crippen LogP) is 3.07. The lowest BCUT2D eigenvalue weighted by Crippen LogP contribution is -2.08. The van der Waals surface area contributed by atoms with Crippen LogP contribution in [-0.4, -0.2) is 21.3 Å². The van der Waals surface area contributed by atoms with Crippen LogP contribution in [0, 0.1) is 0 Å². The van der Waals surface area contributed by atoms with Gasteiger partial charge in [-0.25, -0.2) is 0 Å². The summed E-state index contributed by atoms with van der Waals surface area (Å²) in [4.78, 5) is 2.09. The van der Waals surface area contributed by atoms with Crippen molar-refractivity contribution in [1.82, 2.24) is 0 Å². The predicted molar refractivity (Wildman–Crippen MR) is 61.7 cm³/mol. The van der Waals surface area contributed by atoms with E-state index in [-0.39, 0.29) is 0 Å². The molecule has 0 amide bonds. The van der Waals surface area contributed by atoms with Gasteiger partial charge in [-0.15, -0.1) is 6.58 Å². The molecular formula is C12H18FN. The first-order valence-electron chi connectivity index (χ1n) is 4.49. The van der Waals surface area contributed by atoms with Crippen molar-refractivity contribution in [3.63, 3.8) is 0 Å². The second-order valence-electron chi connectivity index (χ2n) is 3.05. The summed E-state index contributed by atoms with van der Waals surface area (Å²) in [5.41, 5.74) is 2.55. The Bertz CT molecular complexity index is 252. The highest BCUT2D eigenvalue weighted by molar-refractivity contribution is 5.46. The van der Waals surface area contributed by atoms with Gasteiger partial charge in [-0.1, -0.05) is 18.2 Å². The molecule has 0 aliphatic heterocycles. The van der Waals surface area contributed by atoms with Crippen LogP contribution in [-0.2, 0) is 6.42 Å². The number of halogens is 1. The Morgan fingerprint density at radius 1 is 1.21 bits per heavy atom. The topological polar surface area (TPSA) is 3.24 Å². The molecule has 1 nitrogen and oxygen atoms in total. The molecule has 0 saturated carbocycles. The van der Waals surface area contributed by atoms with Gasteiger partial charge in [0.15, 0.2) is 0 Å². The van der Waals surface area contributed by atoms with Crippen LogP contribution < -0.4 is 4.90 Å². The third kappa shape index (κ3) is 4.08. The third-order valence-corrected chi connectivity index (χ3v) is 1.83. The summed E-state index contributed by atoms with van der Waals surface area (Å²) in [6, 6.07) is 8.52. The molecule has 0 saturated heterocycles. The van der Waals surface area contributed by atoms with Crippen LogP contribution in [0.5, 0.6) is 0 Å². The Hall–Kier alpha value is -1.31. The summed E-state index contributed by atoms with van der Waals surface area (Å²) in [6.45, 7) is 3.70. The van der Waals surface area contributed by atoms with Crippen LogP contribution in [0.15, 0.2) is 36.9 Å². The van der Waals surface area contributed by atoms with Gasteiger partial charge in [0.25, 0.3) is 0 Å². The van der Waals surface area contributed by atoms with Gasteiger partial charge in [-0.3, -0.25) is 4.39 Å². The average molecular weight is 195 g/mol. The van der Waals surface area contributed by atoms with Crippen molar-refractivity contribution in [3.8, 4) is 0 Å². The maximum Gasteiger partial charge on any atom is 0.0785 e. The summed E-state index contributed by atoms with van der Waals surface area (Å²) in [7, 11) is 4.59. The van der Waals surface area contributed by atoms with Gasteiger partial charge in [0.1, 0.15) is 0 Å². The van der Waals surface area contributed by atoms with E-state index in [4.69, 9.17) is 0 Å². The number of anilines is 1. The van der Waals surface area contributed by atoms with Crippen molar-refractivity contribution in [1.29, 1.82) is 0 Å². The highest BCUT2D eigenvalue weighted by Gasteiger charge is 1.93. The Morgan fingerprint density at radius 2 is 1.71 bits per heavy atom. The van der Waals surface area contributed by atoms with Crippen LogP contribution >= 0.6 is 0 Å². The molecule has 0 radical (unpaired) electrons. The molecule has 0 atom stereocenters. The zero-order valence-electron chi connectivity index (χ0n) is 9.13. The standard InChI is InChI=1S/C11H15N.CH3F/c1-4-5-10-6-8-11(9-7-10)12(2)3;1-2/h4,6-9H,1,5H2,2-3H3;1H3. The second-order valence-corrected chi connectivity index (χ2v) is 3.05. The van der Waals surface area contributed by atoms with E-state index in [1.54, 1.807) is 0 Å². The number of benzene rings is 1. The molecule has 2 heteroatoms. The molecule has 0 aromatic heterocycles. The minimum absolute atomic E-state index is 0.500. The third-order valence-electron chi connectivity index (χ3n) is 1.83. The molecule has 1 aromatic carbocycles. The number of allylic oxidation sites excluding steroid dienone is 1. The second kappa shape index (κ2) is 7.13. The first-order valence-corrected chi connectivity index (χ1v) is 4.49. The lowest BCUT2D eigenvalue weighted by Gasteiger charge is -2.12. The average Bonchev–Trinajstić information content (AvgIpc) is 2.22.